The fourth-order valence-corrected chi connectivity index (χ4v) is 1.19. The van der Waals surface area contributed by atoms with E-state index in [4.69, 9.17) is 0 Å². The number of H-pyrrole nitrogens is 1. The fourth-order valence-electron chi connectivity index (χ4n) is 1.19. The molecule has 0 spiro atoms. The number of aromatic nitrogens is 4. The van der Waals surface area contributed by atoms with Gasteiger partial charge in [0, 0.05) is 0 Å². The van der Waals surface area contributed by atoms with Crippen LogP contribution in [0.25, 0.3) is 0 Å². The summed E-state index contributed by atoms with van der Waals surface area (Å²) >= 11 is 0. The number of nitrogens with zero attached hydrogens (tertiary/aromatic N) is 3. The molecule has 2 aromatic rings. The van der Waals surface area contributed by atoms with Crippen molar-refractivity contribution in [2.75, 3.05) is 0 Å². The molecule has 6 nitrogen and oxygen atoms in total. The van der Waals surface area contributed by atoms with Gasteiger partial charge < -0.3 is 5.32 Å². The molecule has 0 saturated carbocycles. The lowest BCUT2D eigenvalue weighted by Gasteiger charge is -2.03. The van der Waals surface area contributed by atoms with E-state index in [0.29, 0.717) is 0 Å². The number of carbonyl (C=O) groups is 1. The van der Waals surface area contributed by atoms with E-state index in [-0.39, 0.29) is 17.9 Å². The molecule has 0 atom stereocenters. The Bertz CT molecular complexity index is 528. The van der Waals surface area contributed by atoms with E-state index < -0.39 is 17.5 Å². The van der Waals surface area contributed by atoms with E-state index in [1.807, 2.05) is 0 Å². The van der Waals surface area contributed by atoms with E-state index in [1.54, 1.807) is 0 Å². The number of aromatic amines is 1. The predicted molar refractivity (Wildman–Crippen MR) is 51.7 cm³/mol. The summed E-state index contributed by atoms with van der Waals surface area (Å²) in [4.78, 5) is 11.5. The standard InChI is InChI=1S/C9H7F2N5O/c10-6-3-1-2-5(8(6)11)9(17)12-4-7-13-15-16-14-7/h1-3H,4H2,(H,12,17)(H,13,14,15,16). The fraction of sp³-hybridized carbons (Fsp3) is 0.111. The van der Waals surface area contributed by atoms with Crippen LogP contribution in [0.15, 0.2) is 18.2 Å². The molecule has 0 fully saturated rings. The first-order chi connectivity index (χ1) is 8.18. The number of carbonyl (C=O) groups excluding carboxylic acids is 1. The van der Waals surface area contributed by atoms with E-state index >= 15 is 0 Å². The third kappa shape index (κ3) is 2.41. The lowest BCUT2D eigenvalue weighted by molar-refractivity contribution is 0.0945. The van der Waals surface area contributed by atoms with Crippen molar-refractivity contribution in [2.45, 2.75) is 6.54 Å². The van der Waals surface area contributed by atoms with E-state index in [9.17, 15) is 13.6 Å². The van der Waals surface area contributed by atoms with Gasteiger partial charge in [0.15, 0.2) is 17.5 Å². The van der Waals surface area contributed by atoms with Gasteiger partial charge in [-0.2, -0.15) is 5.21 Å². The number of benzene rings is 1. The van der Waals surface area contributed by atoms with Crippen molar-refractivity contribution in [2.24, 2.45) is 0 Å². The highest BCUT2D eigenvalue weighted by molar-refractivity contribution is 5.94. The molecule has 0 radical (unpaired) electrons. The van der Waals surface area contributed by atoms with Gasteiger partial charge in [0.1, 0.15) is 0 Å². The van der Waals surface area contributed by atoms with Crippen LogP contribution in [0.5, 0.6) is 0 Å². The molecule has 0 saturated heterocycles. The Morgan fingerprint density at radius 3 is 2.94 bits per heavy atom. The number of hydrogen-bond acceptors (Lipinski definition) is 4. The van der Waals surface area contributed by atoms with Gasteiger partial charge in [0.25, 0.3) is 5.91 Å². The average molecular weight is 239 g/mol. The Morgan fingerprint density at radius 2 is 2.24 bits per heavy atom. The summed E-state index contributed by atoms with van der Waals surface area (Å²) in [6.45, 7) is -0.0225. The van der Waals surface area contributed by atoms with Crippen LogP contribution < -0.4 is 5.32 Å². The number of hydrogen-bond donors (Lipinski definition) is 2. The highest BCUT2D eigenvalue weighted by atomic mass is 19.2. The molecule has 0 aliphatic rings. The van der Waals surface area contributed by atoms with Gasteiger partial charge in [-0.3, -0.25) is 4.79 Å². The van der Waals surface area contributed by atoms with Crippen LogP contribution in [-0.4, -0.2) is 26.5 Å². The number of rotatable bonds is 3. The lowest BCUT2D eigenvalue weighted by Crippen LogP contribution is -2.24. The van der Waals surface area contributed by atoms with Gasteiger partial charge in [-0.1, -0.05) is 11.3 Å². The predicted octanol–water partition coefficient (Wildman–Crippen LogP) is 0.408. The quantitative estimate of drug-likeness (QED) is 0.812. The number of nitrogens with one attached hydrogen (secondary N) is 2. The third-order valence-electron chi connectivity index (χ3n) is 1.99. The first-order valence-electron chi connectivity index (χ1n) is 4.63. The molecule has 0 bridgehead atoms. The van der Waals surface area contributed by atoms with Gasteiger partial charge in [-0.25, -0.2) is 8.78 Å². The second-order valence-corrected chi connectivity index (χ2v) is 3.11. The van der Waals surface area contributed by atoms with Gasteiger partial charge in [-0.05, 0) is 12.1 Å². The zero-order valence-electron chi connectivity index (χ0n) is 8.44. The molecule has 88 valence electrons. The van der Waals surface area contributed by atoms with Crippen LogP contribution >= 0.6 is 0 Å². The van der Waals surface area contributed by atoms with Gasteiger partial charge in [-0.15, -0.1) is 10.2 Å². The topological polar surface area (TPSA) is 83.6 Å². The van der Waals surface area contributed by atoms with E-state index in [1.165, 1.54) is 12.1 Å². The number of halogens is 2. The molecule has 2 N–H and O–H groups in total. The Kier molecular flexibility index (Phi) is 3.03. The molecule has 1 amide bonds. The molecule has 0 aliphatic heterocycles. The van der Waals surface area contributed by atoms with Crippen molar-refractivity contribution in [3.05, 3.63) is 41.2 Å². The largest absolute Gasteiger partial charge is 0.344 e. The summed E-state index contributed by atoms with van der Waals surface area (Å²) in [7, 11) is 0. The number of amides is 1. The first kappa shape index (κ1) is 11.1. The molecule has 0 unspecified atom stereocenters. The van der Waals surface area contributed by atoms with Crippen molar-refractivity contribution in [1.29, 1.82) is 0 Å². The maximum absolute atomic E-state index is 13.2. The van der Waals surface area contributed by atoms with Gasteiger partial charge in [0.05, 0.1) is 12.1 Å². The second-order valence-electron chi connectivity index (χ2n) is 3.11. The van der Waals surface area contributed by atoms with Gasteiger partial charge in [0.2, 0.25) is 0 Å². The van der Waals surface area contributed by atoms with Crippen LogP contribution in [0, 0.1) is 11.6 Å². The van der Waals surface area contributed by atoms with E-state index in [0.717, 1.165) is 6.07 Å². The lowest BCUT2D eigenvalue weighted by atomic mass is 10.2. The SMILES string of the molecule is O=C(NCc1nn[nH]n1)c1cccc(F)c1F. The zero-order chi connectivity index (χ0) is 12.3. The average Bonchev–Trinajstić information content (AvgIpc) is 2.82. The van der Waals surface area contributed by atoms with Crippen molar-refractivity contribution < 1.29 is 13.6 Å². The summed E-state index contributed by atoms with van der Waals surface area (Å²) < 4.78 is 26.1. The Hall–Kier alpha value is -2.38. The second kappa shape index (κ2) is 4.64. The summed E-state index contributed by atoms with van der Waals surface area (Å²) in [6, 6.07) is 3.37. The molecular weight excluding hydrogens is 232 g/mol. The molecule has 1 aromatic heterocycles. The monoisotopic (exact) mass is 239 g/mol. The summed E-state index contributed by atoms with van der Waals surface area (Å²) in [6.07, 6.45) is 0. The number of tetrazole rings is 1. The highest BCUT2D eigenvalue weighted by Crippen LogP contribution is 2.10. The summed E-state index contributed by atoms with van der Waals surface area (Å²) in [5, 5.41) is 15.0. The summed E-state index contributed by atoms with van der Waals surface area (Å²) in [5.41, 5.74) is -0.367. The van der Waals surface area contributed by atoms with Crippen molar-refractivity contribution in [3.63, 3.8) is 0 Å². The maximum Gasteiger partial charge on any atom is 0.254 e. The molecule has 17 heavy (non-hydrogen) atoms. The maximum atomic E-state index is 13.2. The minimum atomic E-state index is -1.18. The minimum absolute atomic E-state index is 0.0225. The molecular formula is C9H7F2N5O. The first-order valence-corrected chi connectivity index (χ1v) is 4.63. The van der Waals surface area contributed by atoms with Crippen molar-refractivity contribution in [3.8, 4) is 0 Å². The molecule has 1 aromatic carbocycles. The smallest absolute Gasteiger partial charge is 0.254 e. The normalized spacial score (nSPS) is 10.2. The minimum Gasteiger partial charge on any atom is -0.344 e. The van der Waals surface area contributed by atoms with Crippen LogP contribution in [0.2, 0.25) is 0 Å². The van der Waals surface area contributed by atoms with Gasteiger partial charge >= 0.3 is 0 Å². The molecule has 2 rings (SSSR count). The van der Waals surface area contributed by atoms with E-state index in [2.05, 4.69) is 25.9 Å². The zero-order valence-corrected chi connectivity index (χ0v) is 8.44. The molecule has 1 heterocycles. The van der Waals surface area contributed by atoms with Crippen LogP contribution in [0.4, 0.5) is 8.78 Å². The molecule has 8 heteroatoms. The van der Waals surface area contributed by atoms with Crippen LogP contribution in [0.1, 0.15) is 16.2 Å². The third-order valence-corrected chi connectivity index (χ3v) is 1.99. The Morgan fingerprint density at radius 1 is 1.41 bits per heavy atom. The summed E-state index contributed by atoms with van der Waals surface area (Å²) in [5.74, 6) is -2.75. The highest BCUT2D eigenvalue weighted by Gasteiger charge is 2.14. The van der Waals surface area contributed by atoms with Crippen LogP contribution in [0.3, 0.4) is 0 Å². The Balaban J connectivity index is 2.07. The molecule has 0 aliphatic carbocycles. The van der Waals surface area contributed by atoms with Crippen molar-refractivity contribution >= 4 is 5.91 Å². The van der Waals surface area contributed by atoms with Crippen molar-refractivity contribution in [1.82, 2.24) is 25.9 Å². The van der Waals surface area contributed by atoms with Crippen LogP contribution in [-0.2, 0) is 6.54 Å². The Labute approximate surface area is 94.0 Å².